The van der Waals surface area contributed by atoms with Gasteiger partial charge in [-0.2, -0.15) is 0 Å². The van der Waals surface area contributed by atoms with Gasteiger partial charge in [-0.15, -0.1) is 0 Å². The van der Waals surface area contributed by atoms with E-state index in [0.717, 1.165) is 25.7 Å². The normalized spacial score (nSPS) is 22.1. The van der Waals surface area contributed by atoms with Crippen LogP contribution in [0.3, 0.4) is 0 Å². The molecular formula is C15H31N2O4P. The van der Waals surface area contributed by atoms with E-state index in [1.807, 2.05) is 13.8 Å². The summed E-state index contributed by atoms with van der Waals surface area (Å²) in [5.74, 6) is -0.0396. The third-order valence-corrected chi connectivity index (χ3v) is 6.38. The monoisotopic (exact) mass is 334 g/mol. The smallest absolute Gasteiger partial charge is 0.237 e. The van der Waals surface area contributed by atoms with Crippen molar-refractivity contribution < 1.29 is 19.4 Å². The molecule has 1 aliphatic carbocycles. The van der Waals surface area contributed by atoms with E-state index in [1.54, 1.807) is 0 Å². The number of nitrogens with one attached hydrogen (secondary N) is 1. The van der Waals surface area contributed by atoms with Crippen LogP contribution in [0.5, 0.6) is 0 Å². The molecule has 130 valence electrons. The summed E-state index contributed by atoms with van der Waals surface area (Å²) < 4.78 is 12.2. The molecule has 1 aliphatic rings. The first-order valence-electron chi connectivity index (χ1n) is 8.23. The zero-order valence-corrected chi connectivity index (χ0v) is 14.6. The summed E-state index contributed by atoms with van der Waals surface area (Å²) >= 11 is 0. The third-order valence-electron chi connectivity index (χ3n) is 4.30. The zero-order chi connectivity index (χ0) is 16.8. The number of hydrogen-bond acceptors (Lipinski definition) is 4. The van der Waals surface area contributed by atoms with Gasteiger partial charge in [0.25, 0.3) is 0 Å². The highest BCUT2D eigenvalue weighted by atomic mass is 31.2. The number of carbonyl (C=O) groups excluding carboxylic acids is 1. The van der Waals surface area contributed by atoms with Gasteiger partial charge in [-0.3, -0.25) is 9.36 Å². The van der Waals surface area contributed by atoms with Gasteiger partial charge >= 0.3 is 0 Å². The number of aliphatic hydroxyl groups is 1. The lowest BCUT2D eigenvalue weighted by molar-refractivity contribution is -0.123. The van der Waals surface area contributed by atoms with Crippen LogP contribution in [-0.2, 0) is 9.36 Å². The predicted octanol–water partition coefficient (Wildman–Crippen LogP) is 1.30. The van der Waals surface area contributed by atoms with E-state index < -0.39 is 19.5 Å². The molecule has 3 atom stereocenters. The fourth-order valence-corrected chi connectivity index (χ4v) is 4.99. The molecule has 0 spiro atoms. The minimum Gasteiger partial charge on any atom is -0.391 e. The molecule has 0 saturated heterocycles. The molecule has 0 aromatic heterocycles. The SMILES string of the molecule is CC(C)[C@@H](N)C(=O)NC[C@H](O)CP(=O)(O)CC1CCCCC1. The number of carbonyl (C=O) groups is 1. The Hall–Kier alpha value is -0.420. The van der Waals surface area contributed by atoms with E-state index in [2.05, 4.69) is 5.32 Å². The maximum absolute atomic E-state index is 12.2. The van der Waals surface area contributed by atoms with Gasteiger partial charge < -0.3 is 21.1 Å². The molecule has 0 aromatic carbocycles. The van der Waals surface area contributed by atoms with Crippen LogP contribution >= 0.6 is 7.37 Å². The molecule has 6 nitrogen and oxygen atoms in total. The Balaban J connectivity index is 2.34. The molecule has 1 rings (SSSR count). The number of amides is 1. The van der Waals surface area contributed by atoms with Crippen LogP contribution in [0, 0.1) is 11.8 Å². The van der Waals surface area contributed by atoms with Crippen LogP contribution in [0.15, 0.2) is 0 Å². The van der Waals surface area contributed by atoms with Gasteiger partial charge in [-0.25, -0.2) is 0 Å². The first kappa shape index (κ1) is 19.6. The second-order valence-electron chi connectivity index (χ2n) is 6.88. The average Bonchev–Trinajstić information content (AvgIpc) is 2.43. The fourth-order valence-electron chi connectivity index (χ4n) is 2.88. The number of aliphatic hydroxyl groups excluding tert-OH is 1. The predicted molar refractivity (Wildman–Crippen MR) is 88.0 cm³/mol. The second-order valence-corrected chi connectivity index (χ2v) is 9.31. The Bertz CT molecular complexity index is 397. The Kier molecular flexibility index (Phi) is 8.04. The zero-order valence-electron chi connectivity index (χ0n) is 13.7. The van der Waals surface area contributed by atoms with Gasteiger partial charge in [-0.05, 0) is 24.7 Å². The Morgan fingerprint density at radius 1 is 1.32 bits per heavy atom. The van der Waals surface area contributed by atoms with E-state index in [1.165, 1.54) is 6.42 Å². The van der Waals surface area contributed by atoms with Crippen molar-refractivity contribution in [1.82, 2.24) is 5.32 Å². The lowest BCUT2D eigenvalue weighted by Gasteiger charge is -2.25. The molecule has 0 heterocycles. The van der Waals surface area contributed by atoms with Gasteiger partial charge in [0.1, 0.15) is 0 Å². The van der Waals surface area contributed by atoms with E-state index in [0.29, 0.717) is 5.92 Å². The Morgan fingerprint density at radius 3 is 2.45 bits per heavy atom. The number of hydrogen-bond donors (Lipinski definition) is 4. The highest BCUT2D eigenvalue weighted by molar-refractivity contribution is 7.58. The van der Waals surface area contributed by atoms with Crippen LogP contribution in [0.25, 0.3) is 0 Å². The first-order chi connectivity index (χ1) is 10.2. The molecular weight excluding hydrogens is 303 g/mol. The molecule has 22 heavy (non-hydrogen) atoms. The molecule has 1 amide bonds. The minimum absolute atomic E-state index is 0.00684. The van der Waals surface area contributed by atoms with Crippen molar-refractivity contribution in [3.05, 3.63) is 0 Å². The van der Waals surface area contributed by atoms with Crippen molar-refractivity contribution in [1.29, 1.82) is 0 Å². The quantitative estimate of drug-likeness (QED) is 0.500. The molecule has 7 heteroatoms. The molecule has 0 radical (unpaired) electrons. The summed E-state index contributed by atoms with van der Waals surface area (Å²) in [5.41, 5.74) is 5.70. The summed E-state index contributed by atoms with van der Waals surface area (Å²) in [6, 6.07) is -0.629. The average molecular weight is 334 g/mol. The van der Waals surface area contributed by atoms with Crippen molar-refractivity contribution in [2.75, 3.05) is 18.9 Å². The highest BCUT2D eigenvalue weighted by Crippen LogP contribution is 2.45. The van der Waals surface area contributed by atoms with Gasteiger partial charge in [-0.1, -0.05) is 33.1 Å². The van der Waals surface area contributed by atoms with Gasteiger partial charge in [0.15, 0.2) is 0 Å². The van der Waals surface area contributed by atoms with E-state index in [-0.39, 0.29) is 30.7 Å². The standard InChI is InChI=1S/C15H31N2O4P/c1-11(2)14(16)15(19)17-8-13(18)10-22(20,21)9-12-6-4-3-5-7-12/h11-14,18H,3-10,16H2,1-2H3,(H,17,19)(H,20,21)/t13-,14+/m0/s1. The third kappa shape index (κ3) is 7.23. The van der Waals surface area contributed by atoms with Crippen LogP contribution in [0.1, 0.15) is 46.0 Å². The van der Waals surface area contributed by atoms with Crippen LogP contribution < -0.4 is 11.1 Å². The summed E-state index contributed by atoms with van der Waals surface area (Å²) in [6.07, 6.45) is 4.55. The maximum atomic E-state index is 12.2. The van der Waals surface area contributed by atoms with Gasteiger partial charge in [0.2, 0.25) is 13.3 Å². The number of rotatable bonds is 8. The van der Waals surface area contributed by atoms with Crippen LogP contribution in [0.4, 0.5) is 0 Å². The van der Waals surface area contributed by atoms with Crippen molar-refractivity contribution in [2.24, 2.45) is 17.6 Å². The van der Waals surface area contributed by atoms with Crippen LogP contribution in [0.2, 0.25) is 0 Å². The molecule has 1 fully saturated rings. The van der Waals surface area contributed by atoms with Gasteiger partial charge in [0, 0.05) is 12.7 Å². The Labute approximate surface area is 133 Å². The molecule has 0 bridgehead atoms. The molecule has 1 unspecified atom stereocenters. The van der Waals surface area contributed by atoms with Crippen molar-refractivity contribution >= 4 is 13.3 Å². The lowest BCUT2D eigenvalue weighted by Crippen LogP contribution is -2.46. The summed E-state index contributed by atoms with van der Waals surface area (Å²) in [7, 11) is -3.35. The van der Waals surface area contributed by atoms with Crippen molar-refractivity contribution in [3.8, 4) is 0 Å². The minimum atomic E-state index is -3.35. The highest BCUT2D eigenvalue weighted by Gasteiger charge is 2.28. The van der Waals surface area contributed by atoms with E-state index in [9.17, 15) is 19.4 Å². The molecule has 1 saturated carbocycles. The van der Waals surface area contributed by atoms with Gasteiger partial charge in [0.05, 0.1) is 18.3 Å². The lowest BCUT2D eigenvalue weighted by atomic mass is 9.91. The molecule has 0 aromatic rings. The van der Waals surface area contributed by atoms with Crippen molar-refractivity contribution in [2.45, 2.75) is 58.1 Å². The van der Waals surface area contributed by atoms with Crippen LogP contribution in [-0.4, -0.2) is 46.9 Å². The topological polar surface area (TPSA) is 113 Å². The fraction of sp³-hybridized carbons (Fsp3) is 0.933. The van der Waals surface area contributed by atoms with E-state index >= 15 is 0 Å². The van der Waals surface area contributed by atoms with Crippen molar-refractivity contribution in [3.63, 3.8) is 0 Å². The summed E-state index contributed by atoms with van der Waals surface area (Å²) in [6.45, 7) is 3.65. The van der Waals surface area contributed by atoms with E-state index in [4.69, 9.17) is 5.73 Å². The first-order valence-corrected chi connectivity index (χ1v) is 10.3. The largest absolute Gasteiger partial charge is 0.391 e. The Morgan fingerprint density at radius 2 is 1.91 bits per heavy atom. The number of nitrogens with two attached hydrogens (primary N) is 1. The summed E-state index contributed by atoms with van der Waals surface area (Å²) in [4.78, 5) is 21.8. The summed E-state index contributed by atoms with van der Waals surface area (Å²) in [5, 5.41) is 12.4. The second kappa shape index (κ2) is 9.02. The maximum Gasteiger partial charge on any atom is 0.237 e. The molecule has 5 N–H and O–H groups in total. The molecule has 0 aliphatic heterocycles.